The van der Waals surface area contributed by atoms with Gasteiger partial charge in [0.15, 0.2) is 0 Å². The van der Waals surface area contributed by atoms with E-state index in [1.54, 1.807) is 0 Å². The number of rotatable bonds is 17. The SMILES string of the molecule is Brc1cc(-c2ccc3c4ccccc4n(-c4ccccc4)c3c2)cc(N(c2ccccc2)c2ccc(-c3ccccc3)cc2)c1.Brc1cc(-c2ccc3c4ccccc4n(-c4ccccc4)c3c2)cc(N(c2ccccc2)c2ccc(-c3ccccc3)cc2)c1.Brc1cc(Br)cc(-c2ccc3c4ccccc4n(-c4ccccc4)c3c2)c1.c1ccc(Nc2ccc(-c3ccccc3)cc2)cc1. The van der Waals surface area contributed by atoms with Crippen LogP contribution in [0.1, 0.15) is 0 Å². The molecule has 136 heavy (non-hydrogen) atoms. The number of fused-ring (bicyclic) bond motifs is 9. The predicted octanol–water partition coefficient (Wildman–Crippen LogP) is 37.8. The molecule has 21 aromatic carbocycles. The first kappa shape index (κ1) is 87.0. The molecule has 0 spiro atoms. The highest BCUT2D eigenvalue weighted by Gasteiger charge is 2.22. The molecule has 0 saturated heterocycles. The maximum Gasteiger partial charge on any atom is 0.0547 e. The van der Waals surface area contributed by atoms with E-state index < -0.39 is 0 Å². The van der Waals surface area contributed by atoms with Crippen LogP contribution in [0.4, 0.5) is 45.5 Å². The van der Waals surface area contributed by atoms with E-state index in [-0.39, 0.29) is 0 Å². The van der Waals surface area contributed by atoms with Gasteiger partial charge in [-0.05, 0) is 267 Å². The predicted molar refractivity (Wildman–Crippen MR) is 591 cm³/mol. The first-order valence-electron chi connectivity index (χ1n) is 45.4. The van der Waals surface area contributed by atoms with Gasteiger partial charge >= 0.3 is 0 Å². The molecule has 1 N–H and O–H groups in total. The van der Waals surface area contributed by atoms with Crippen LogP contribution in [-0.4, -0.2) is 13.7 Å². The number of aromatic nitrogens is 3. The zero-order valence-electron chi connectivity index (χ0n) is 74.0. The molecule has 0 amide bonds. The monoisotopic (exact) mass is 2000 g/mol. The van der Waals surface area contributed by atoms with Gasteiger partial charge < -0.3 is 28.8 Å². The Labute approximate surface area is 825 Å². The van der Waals surface area contributed by atoms with Gasteiger partial charge in [0.05, 0.1) is 33.1 Å². The van der Waals surface area contributed by atoms with Gasteiger partial charge in [0.2, 0.25) is 0 Å². The third-order valence-corrected chi connectivity index (χ3v) is 26.6. The van der Waals surface area contributed by atoms with Crippen LogP contribution < -0.4 is 15.1 Å². The fourth-order valence-electron chi connectivity index (χ4n) is 18.5. The molecule has 0 fully saturated rings. The Bertz CT molecular complexity index is 7940. The summed E-state index contributed by atoms with van der Waals surface area (Å²) in [6.45, 7) is 0. The summed E-state index contributed by atoms with van der Waals surface area (Å²) in [5.41, 5.74) is 33.8. The highest BCUT2D eigenvalue weighted by molar-refractivity contribution is 9.11. The molecular formula is C126H88Br4N6. The Morgan fingerprint density at radius 3 is 0.699 bits per heavy atom. The van der Waals surface area contributed by atoms with Crippen molar-refractivity contribution in [2.45, 2.75) is 0 Å². The van der Waals surface area contributed by atoms with Gasteiger partial charge in [-0.2, -0.15) is 0 Å². The Morgan fingerprint density at radius 2 is 0.375 bits per heavy atom. The molecule has 0 bridgehead atoms. The van der Waals surface area contributed by atoms with Crippen molar-refractivity contribution in [3.8, 4) is 83.8 Å². The van der Waals surface area contributed by atoms with Crippen molar-refractivity contribution in [3.63, 3.8) is 0 Å². The summed E-state index contributed by atoms with van der Waals surface area (Å²) in [6.07, 6.45) is 0. The highest BCUT2D eigenvalue weighted by atomic mass is 79.9. The largest absolute Gasteiger partial charge is 0.356 e. The zero-order chi connectivity index (χ0) is 91.6. The lowest BCUT2D eigenvalue weighted by Gasteiger charge is -2.26. The molecule has 0 radical (unpaired) electrons. The van der Waals surface area contributed by atoms with Gasteiger partial charge in [0.25, 0.3) is 0 Å². The Morgan fingerprint density at radius 1 is 0.147 bits per heavy atom. The van der Waals surface area contributed by atoms with Crippen molar-refractivity contribution in [1.82, 2.24) is 13.7 Å². The molecule has 0 aliphatic carbocycles. The molecule has 10 heteroatoms. The van der Waals surface area contributed by atoms with Gasteiger partial charge in [0, 0.05) is 113 Å². The second kappa shape index (κ2) is 40.0. The first-order chi connectivity index (χ1) is 67.1. The zero-order valence-corrected chi connectivity index (χ0v) is 80.3. The number of anilines is 8. The van der Waals surface area contributed by atoms with Gasteiger partial charge in [-0.25, -0.2) is 0 Å². The van der Waals surface area contributed by atoms with Gasteiger partial charge in [-0.1, -0.05) is 391 Å². The van der Waals surface area contributed by atoms with E-state index in [1.165, 1.54) is 116 Å². The summed E-state index contributed by atoms with van der Waals surface area (Å²) < 4.78 is 11.3. The standard InChI is InChI=1S/2C42H29BrN2.C24H15Br2N.C18H15N/c2*43-34-26-33(32-22-25-40-39-18-10-11-19-41(39)45(42(40)28-32)36-16-8-3-9-17-36)27-38(29-34)44(35-14-6-2-7-15-35)37-23-20-31(21-24-37)30-12-4-1-5-13-30;25-18-12-17(13-19(26)15-18)16-10-11-22-21-8-4-5-9-23(21)27(24(22)14-16)20-6-2-1-3-7-20;1-3-7-15(8-4-1)16-11-13-18(14-12-16)19-17-9-5-2-6-10-17/h2*1-29H;1-15H;1-14,19H. The fraction of sp³-hybridized carbons (Fsp3) is 0. The number of nitrogens with one attached hydrogen (secondary N) is 1. The van der Waals surface area contributed by atoms with Crippen molar-refractivity contribution in [1.29, 1.82) is 0 Å². The normalized spacial score (nSPS) is 11.1. The van der Waals surface area contributed by atoms with Crippen molar-refractivity contribution in [3.05, 3.63) is 546 Å². The summed E-state index contributed by atoms with van der Waals surface area (Å²) in [7, 11) is 0. The maximum atomic E-state index is 3.86. The molecule has 650 valence electrons. The van der Waals surface area contributed by atoms with Crippen LogP contribution in [0.3, 0.4) is 0 Å². The van der Waals surface area contributed by atoms with Crippen molar-refractivity contribution in [2.75, 3.05) is 15.1 Å². The number of nitrogens with zero attached hydrogens (tertiary/aromatic N) is 5. The lowest BCUT2D eigenvalue weighted by molar-refractivity contribution is 1.18. The van der Waals surface area contributed by atoms with Crippen LogP contribution in [0, 0.1) is 0 Å². The molecule has 0 unspecified atom stereocenters. The van der Waals surface area contributed by atoms with Gasteiger partial charge in [-0.15, -0.1) is 0 Å². The smallest absolute Gasteiger partial charge is 0.0547 e. The number of para-hydroxylation sites is 9. The minimum atomic E-state index is 1.03. The number of halogens is 4. The topological polar surface area (TPSA) is 33.3 Å². The quantitative estimate of drug-likeness (QED) is 0.0986. The Balaban J connectivity index is 0.000000114. The third-order valence-electron chi connectivity index (χ3n) is 24.8. The molecular weight excluding hydrogens is 1920 g/mol. The molecule has 0 atom stereocenters. The molecule has 0 aliphatic heterocycles. The third kappa shape index (κ3) is 18.8. The summed E-state index contributed by atoms with van der Waals surface area (Å²) in [6, 6.07) is 187. The van der Waals surface area contributed by atoms with Crippen molar-refractivity contribution in [2.24, 2.45) is 0 Å². The molecule has 3 aromatic heterocycles. The lowest BCUT2D eigenvalue weighted by Crippen LogP contribution is -2.10. The first-order valence-corrected chi connectivity index (χ1v) is 48.6. The molecule has 0 aliphatic rings. The second-order valence-corrected chi connectivity index (χ2v) is 37.1. The van der Waals surface area contributed by atoms with E-state index in [9.17, 15) is 0 Å². The van der Waals surface area contributed by atoms with Gasteiger partial charge in [-0.3, -0.25) is 0 Å². The number of hydrogen-bond acceptors (Lipinski definition) is 3. The van der Waals surface area contributed by atoms with E-state index in [4.69, 9.17) is 0 Å². The minimum absolute atomic E-state index is 1.03. The average molecular weight is 2010 g/mol. The van der Waals surface area contributed by atoms with Crippen molar-refractivity contribution < 1.29 is 0 Å². The van der Waals surface area contributed by atoms with E-state index in [0.717, 1.165) is 97.0 Å². The lowest BCUT2D eigenvalue weighted by atomic mass is 10.0. The summed E-state index contributed by atoms with van der Waals surface area (Å²) in [4.78, 5) is 4.64. The molecule has 3 heterocycles. The fourth-order valence-corrected chi connectivity index (χ4v) is 20.7. The van der Waals surface area contributed by atoms with E-state index in [1.807, 2.05) is 24.3 Å². The van der Waals surface area contributed by atoms with E-state index >= 15 is 0 Å². The average Bonchev–Trinajstić information content (AvgIpc) is 1.59. The summed E-state index contributed by atoms with van der Waals surface area (Å²) in [5, 5.41) is 10.9. The molecule has 24 rings (SSSR count). The van der Waals surface area contributed by atoms with E-state index in [2.05, 4.69) is 596 Å². The van der Waals surface area contributed by atoms with E-state index in [0.29, 0.717) is 0 Å². The molecule has 6 nitrogen and oxygen atoms in total. The molecule has 24 aromatic rings. The summed E-state index contributed by atoms with van der Waals surface area (Å²) in [5.74, 6) is 0. The van der Waals surface area contributed by atoms with Crippen LogP contribution in [-0.2, 0) is 0 Å². The Hall–Kier alpha value is -15.7. The van der Waals surface area contributed by atoms with Crippen LogP contribution in [0.25, 0.3) is 149 Å². The second-order valence-electron chi connectivity index (χ2n) is 33.4. The molecule has 0 saturated carbocycles. The number of benzene rings is 21. The van der Waals surface area contributed by atoms with Crippen LogP contribution in [0.5, 0.6) is 0 Å². The van der Waals surface area contributed by atoms with Crippen LogP contribution in [0.15, 0.2) is 546 Å². The highest BCUT2D eigenvalue weighted by Crippen LogP contribution is 2.46. The maximum absolute atomic E-state index is 3.86. The van der Waals surface area contributed by atoms with Crippen LogP contribution in [0.2, 0.25) is 0 Å². The van der Waals surface area contributed by atoms with Crippen LogP contribution >= 0.6 is 63.7 Å². The van der Waals surface area contributed by atoms with Crippen molar-refractivity contribution >= 4 is 175 Å². The summed E-state index contributed by atoms with van der Waals surface area (Å²) >= 11 is 14.9. The number of hydrogen-bond donors (Lipinski definition) is 1. The Kier molecular flexibility index (Phi) is 25.6. The minimum Gasteiger partial charge on any atom is -0.356 e. The van der Waals surface area contributed by atoms with Gasteiger partial charge in [0.1, 0.15) is 0 Å².